The van der Waals surface area contributed by atoms with Crippen LogP contribution in [0.15, 0.2) is 156 Å². The zero-order chi connectivity index (χ0) is 41.9. The molecule has 0 atom stereocenters. The van der Waals surface area contributed by atoms with Crippen LogP contribution in [0.5, 0.6) is 23.0 Å². The first-order valence-corrected chi connectivity index (χ1v) is 19.5. The maximum atomic E-state index is 16.3. The van der Waals surface area contributed by atoms with E-state index in [1.54, 1.807) is 48.5 Å². The molecule has 2 N–H and O–H groups in total. The fourth-order valence-corrected chi connectivity index (χ4v) is 7.25. The van der Waals surface area contributed by atoms with Crippen molar-refractivity contribution >= 4 is 28.1 Å². The van der Waals surface area contributed by atoms with E-state index in [9.17, 15) is 9.90 Å². The lowest BCUT2D eigenvalue weighted by atomic mass is 9.77. The minimum absolute atomic E-state index is 0.00414. The van der Waals surface area contributed by atoms with Crippen molar-refractivity contribution in [3.63, 3.8) is 0 Å². The summed E-state index contributed by atoms with van der Waals surface area (Å²) < 4.78 is 54.1. The number of aromatic nitrogens is 1. The van der Waals surface area contributed by atoms with Crippen LogP contribution in [-0.2, 0) is 35.0 Å². The molecule has 10 nitrogen and oxygen atoms in total. The minimum Gasteiger partial charge on any atom is -0.497 e. The van der Waals surface area contributed by atoms with Crippen LogP contribution in [0.3, 0.4) is 0 Å². The number of hydrogen-bond donors (Lipinski definition) is 2. The van der Waals surface area contributed by atoms with Gasteiger partial charge in [0.15, 0.2) is 16.8 Å². The van der Waals surface area contributed by atoms with E-state index in [4.69, 9.17) is 23.8 Å². The molecule has 6 aromatic carbocycles. The molecule has 1 aromatic heterocycles. The summed E-state index contributed by atoms with van der Waals surface area (Å²) in [7, 11) is 3.07. The summed E-state index contributed by atoms with van der Waals surface area (Å²) in [6.45, 7) is -0.883. The zero-order valence-electron chi connectivity index (χ0n) is 32.5. The molecular weight excluding hydrogens is 789 g/mol. The lowest BCUT2D eigenvalue weighted by Crippen LogP contribution is -2.38. The average Bonchev–Trinajstić information content (AvgIpc) is 3.75. The monoisotopic (exact) mass is 827 g/mol. The Bertz CT molecular complexity index is 2440. The molecule has 0 amide bonds. The van der Waals surface area contributed by atoms with Gasteiger partial charge >= 0.3 is 5.97 Å². The van der Waals surface area contributed by atoms with Gasteiger partial charge in [-0.15, -0.1) is 11.3 Å². The Morgan fingerprint density at radius 1 is 0.700 bits per heavy atom. The Labute approximate surface area is 349 Å². The number of oxime groups is 1. The summed E-state index contributed by atoms with van der Waals surface area (Å²) in [5, 5.41) is 19.6. The van der Waals surface area contributed by atoms with Crippen molar-refractivity contribution in [2.24, 2.45) is 5.16 Å². The maximum Gasteiger partial charge on any atom is 0.360 e. The first kappa shape index (κ1) is 40.9. The van der Waals surface area contributed by atoms with E-state index in [2.05, 4.69) is 15.5 Å². The summed E-state index contributed by atoms with van der Waals surface area (Å²) in [5.74, 6) is -3.04. The van der Waals surface area contributed by atoms with Gasteiger partial charge in [-0.25, -0.2) is 18.6 Å². The molecule has 0 spiro atoms. The van der Waals surface area contributed by atoms with Crippen molar-refractivity contribution < 1.29 is 42.5 Å². The fraction of sp³-hybridized carbons (Fsp3) is 0.128. The Kier molecular flexibility index (Phi) is 13.0. The maximum absolute atomic E-state index is 16.3. The normalized spacial score (nSPS) is 11.4. The van der Waals surface area contributed by atoms with Gasteiger partial charge < -0.3 is 34.2 Å². The summed E-state index contributed by atoms with van der Waals surface area (Å²) in [4.78, 5) is 22.6. The van der Waals surface area contributed by atoms with Gasteiger partial charge in [-0.1, -0.05) is 120 Å². The fourth-order valence-electron chi connectivity index (χ4n) is 6.50. The summed E-state index contributed by atoms with van der Waals surface area (Å²) in [5.41, 5.74) is 2.34. The lowest BCUT2D eigenvalue weighted by Gasteiger charge is -2.36. The van der Waals surface area contributed by atoms with E-state index in [0.717, 1.165) is 22.8 Å². The first-order chi connectivity index (χ1) is 29.3. The topological polar surface area (TPSA) is 121 Å². The molecule has 13 heteroatoms. The van der Waals surface area contributed by atoms with E-state index in [1.807, 2.05) is 91.0 Å². The van der Waals surface area contributed by atoms with Crippen LogP contribution in [-0.4, -0.2) is 36.0 Å². The predicted molar refractivity (Wildman–Crippen MR) is 225 cm³/mol. The number of rotatable bonds is 18. The van der Waals surface area contributed by atoms with Crippen molar-refractivity contribution in [2.45, 2.75) is 25.4 Å². The van der Waals surface area contributed by atoms with Crippen molar-refractivity contribution in [3.05, 3.63) is 202 Å². The Morgan fingerprint density at radius 2 is 1.18 bits per heavy atom. The number of nitrogens with one attached hydrogen (secondary N) is 1. The highest BCUT2D eigenvalue weighted by molar-refractivity contribution is 7.14. The third kappa shape index (κ3) is 9.22. The quantitative estimate of drug-likeness (QED) is 0.0495. The molecule has 0 radical (unpaired) electrons. The van der Waals surface area contributed by atoms with E-state index in [0.29, 0.717) is 27.8 Å². The molecule has 1 heterocycles. The zero-order valence-corrected chi connectivity index (χ0v) is 33.3. The number of carboxylic acids is 1. The second-order valence-electron chi connectivity index (χ2n) is 13.3. The number of halogens is 2. The standard InChI is InChI=1S/C47H39F2N3O7S/c1-55-37-22-18-31(19-23-37)27-57-43-39(48)26-33(41(49)44(43)58-28-32-20-24-38(56-2)25-21-32)29-59-52-42(45(53)54)40-30-60-46(50-40)51-47(34-12-6-3-7-13-34,35-14-8-4-9-15-35)36-16-10-5-11-17-36/h3-26,30H,27-29H2,1-2H3,(H,50,51)(H,53,54). The van der Waals surface area contributed by atoms with Crippen molar-refractivity contribution in [2.75, 3.05) is 19.5 Å². The van der Waals surface area contributed by atoms with Crippen LogP contribution < -0.4 is 24.3 Å². The number of methoxy groups -OCH3 is 2. The highest BCUT2D eigenvalue weighted by atomic mass is 32.1. The van der Waals surface area contributed by atoms with E-state index in [1.165, 1.54) is 30.9 Å². The SMILES string of the molecule is COc1ccc(COc2c(F)cc(CON=C(C(=O)O)c3csc(NC(c4ccccc4)(c4ccccc4)c4ccccc4)n3)c(F)c2OCc2ccc(OC)cc2)cc1. The van der Waals surface area contributed by atoms with Crippen LogP contribution in [0.1, 0.15) is 39.1 Å². The summed E-state index contributed by atoms with van der Waals surface area (Å²) in [6, 6.07) is 44.3. The van der Waals surface area contributed by atoms with E-state index in [-0.39, 0.29) is 24.5 Å². The molecule has 0 aliphatic rings. The lowest BCUT2D eigenvalue weighted by molar-refractivity contribution is -0.129. The van der Waals surface area contributed by atoms with Crippen LogP contribution in [0.25, 0.3) is 0 Å². The van der Waals surface area contributed by atoms with Gasteiger partial charge in [0, 0.05) is 10.9 Å². The molecule has 0 aliphatic carbocycles. The number of carboxylic acid groups (broad SMARTS) is 1. The Hall–Kier alpha value is -7.25. The predicted octanol–water partition coefficient (Wildman–Crippen LogP) is 10.0. The van der Waals surface area contributed by atoms with Crippen LogP contribution in [0.4, 0.5) is 13.9 Å². The molecular formula is C47H39F2N3O7S. The summed E-state index contributed by atoms with van der Waals surface area (Å²) in [6.07, 6.45) is 0. The minimum atomic E-state index is -1.44. The number of ether oxygens (including phenoxy) is 4. The molecule has 0 saturated carbocycles. The van der Waals surface area contributed by atoms with Gasteiger partial charge in [-0.05, 0) is 58.1 Å². The number of carbonyl (C=O) groups is 1. The number of hydrogen-bond acceptors (Lipinski definition) is 10. The molecule has 60 heavy (non-hydrogen) atoms. The van der Waals surface area contributed by atoms with Crippen molar-refractivity contribution in [1.82, 2.24) is 4.98 Å². The number of aliphatic carboxylic acids is 1. The van der Waals surface area contributed by atoms with Gasteiger partial charge in [0.05, 0.1) is 14.2 Å². The smallest absolute Gasteiger partial charge is 0.360 e. The molecule has 0 unspecified atom stereocenters. The number of benzene rings is 6. The van der Waals surface area contributed by atoms with Crippen LogP contribution in [0.2, 0.25) is 0 Å². The molecule has 0 bridgehead atoms. The second-order valence-corrected chi connectivity index (χ2v) is 14.2. The van der Waals surface area contributed by atoms with E-state index >= 15 is 8.78 Å². The van der Waals surface area contributed by atoms with Gasteiger partial charge in [0.1, 0.15) is 42.6 Å². The third-order valence-electron chi connectivity index (χ3n) is 9.53. The largest absolute Gasteiger partial charge is 0.497 e. The number of thiazole rings is 1. The number of nitrogens with zero attached hydrogens (tertiary/aromatic N) is 2. The third-order valence-corrected chi connectivity index (χ3v) is 10.3. The number of anilines is 1. The Balaban J connectivity index is 1.15. The van der Waals surface area contributed by atoms with Crippen molar-refractivity contribution in [1.29, 1.82) is 0 Å². The second kappa shape index (κ2) is 19.0. The summed E-state index contributed by atoms with van der Waals surface area (Å²) >= 11 is 1.18. The van der Waals surface area contributed by atoms with Gasteiger partial charge in [0.2, 0.25) is 17.2 Å². The van der Waals surface area contributed by atoms with Gasteiger partial charge in [0.25, 0.3) is 0 Å². The van der Waals surface area contributed by atoms with E-state index < -0.39 is 47.0 Å². The first-order valence-electron chi connectivity index (χ1n) is 18.6. The molecule has 0 fully saturated rings. The van der Waals surface area contributed by atoms with Gasteiger partial charge in [-0.2, -0.15) is 0 Å². The highest BCUT2D eigenvalue weighted by Gasteiger charge is 2.37. The Morgan fingerprint density at radius 3 is 1.65 bits per heavy atom. The molecule has 0 saturated heterocycles. The van der Waals surface area contributed by atoms with Crippen LogP contribution in [0, 0.1) is 11.6 Å². The molecule has 7 aromatic rings. The molecule has 7 rings (SSSR count). The van der Waals surface area contributed by atoms with Gasteiger partial charge in [-0.3, -0.25) is 0 Å². The molecule has 304 valence electrons. The van der Waals surface area contributed by atoms with Crippen LogP contribution >= 0.6 is 11.3 Å². The van der Waals surface area contributed by atoms with Crippen molar-refractivity contribution in [3.8, 4) is 23.0 Å². The highest BCUT2D eigenvalue weighted by Crippen LogP contribution is 2.41. The average molecular weight is 828 g/mol. The molecule has 0 aliphatic heterocycles.